The van der Waals surface area contributed by atoms with Crippen LogP contribution in [-0.2, 0) is 11.2 Å². The van der Waals surface area contributed by atoms with Crippen molar-refractivity contribution in [3.05, 3.63) is 29.8 Å². The van der Waals surface area contributed by atoms with Gasteiger partial charge in [0, 0.05) is 38.4 Å². The van der Waals surface area contributed by atoms with Crippen LogP contribution in [0.2, 0.25) is 0 Å². The number of nitrogens with two attached hydrogens (primary N) is 1. The molecule has 1 aromatic rings. The Morgan fingerprint density at radius 1 is 1.05 bits per heavy atom. The summed E-state index contributed by atoms with van der Waals surface area (Å²) in [7, 11) is 0. The molecular formula is C16H25Cl2N3O. The number of benzene rings is 1. The summed E-state index contributed by atoms with van der Waals surface area (Å²) in [6.07, 6.45) is 3.29. The number of carbonyl (C=O) groups is 1. The minimum absolute atomic E-state index is 0. The van der Waals surface area contributed by atoms with Crippen LogP contribution in [0, 0.1) is 5.92 Å². The molecule has 4 nitrogen and oxygen atoms in total. The van der Waals surface area contributed by atoms with Gasteiger partial charge >= 0.3 is 0 Å². The molecule has 0 spiro atoms. The number of halogens is 2. The minimum atomic E-state index is 0. The minimum Gasteiger partial charge on any atom is -0.399 e. The number of piperazine rings is 1. The Labute approximate surface area is 144 Å². The number of hydrogen-bond acceptors (Lipinski definition) is 3. The van der Waals surface area contributed by atoms with Crippen LogP contribution in [0.15, 0.2) is 24.3 Å². The van der Waals surface area contributed by atoms with Crippen LogP contribution in [0.5, 0.6) is 0 Å². The summed E-state index contributed by atoms with van der Waals surface area (Å²) in [4.78, 5) is 16.8. The summed E-state index contributed by atoms with van der Waals surface area (Å²) in [5.74, 6) is 1.17. The van der Waals surface area contributed by atoms with E-state index in [0.29, 0.717) is 6.42 Å². The van der Waals surface area contributed by atoms with Crippen LogP contribution in [0.1, 0.15) is 18.4 Å². The van der Waals surface area contributed by atoms with Crippen LogP contribution in [0.4, 0.5) is 5.69 Å². The molecule has 3 rings (SSSR count). The molecule has 2 aliphatic rings. The predicted octanol–water partition coefficient (Wildman–Crippen LogP) is 2.21. The van der Waals surface area contributed by atoms with Gasteiger partial charge < -0.3 is 10.6 Å². The van der Waals surface area contributed by atoms with E-state index < -0.39 is 0 Å². The lowest BCUT2D eigenvalue weighted by Gasteiger charge is -2.34. The fourth-order valence-electron chi connectivity index (χ4n) is 2.77. The maximum atomic E-state index is 12.3. The predicted molar refractivity (Wildman–Crippen MR) is 94.8 cm³/mol. The molecule has 1 aliphatic carbocycles. The monoisotopic (exact) mass is 345 g/mol. The molecule has 1 saturated heterocycles. The van der Waals surface area contributed by atoms with Crippen molar-refractivity contribution in [3.63, 3.8) is 0 Å². The molecular weight excluding hydrogens is 321 g/mol. The van der Waals surface area contributed by atoms with Crippen molar-refractivity contribution in [3.8, 4) is 0 Å². The van der Waals surface area contributed by atoms with Crippen molar-refractivity contribution in [1.29, 1.82) is 0 Å². The highest BCUT2D eigenvalue weighted by atomic mass is 35.5. The molecule has 1 amide bonds. The molecule has 1 aliphatic heterocycles. The number of anilines is 1. The zero-order valence-electron chi connectivity index (χ0n) is 12.7. The third-order valence-electron chi connectivity index (χ3n) is 4.27. The molecule has 0 radical (unpaired) electrons. The van der Waals surface area contributed by atoms with E-state index in [9.17, 15) is 4.79 Å². The Morgan fingerprint density at radius 2 is 1.64 bits per heavy atom. The van der Waals surface area contributed by atoms with E-state index in [1.807, 2.05) is 29.2 Å². The molecule has 2 fully saturated rings. The third kappa shape index (κ3) is 5.34. The topological polar surface area (TPSA) is 49.6 Å². The lowest BCUT2D eigenvalue weighted by molar-refractivity contribution is -0.132. The van der Waals surface area contributed by atoms with Crippen LogP contribution in [0.25, 0.3) is 0 Å². The lowest BCUT2D eigenvalue weighted by Crippen LogP contribution is -2.49. The summed E-state index contributed by atoms with van der Waals surface area (Å²) in [6, 6.07) is 7.60. The van der Waals surface area contributed by atoms with Gasteiger partial charge in [-0.2, -0.15) is 0 Å². The number of nitrogen functional groups attached to an aromatic ring is 1. The number of rotatable bonds is 4. The van der Waals surface area contributed by atoms with E-state index in [-0.39, 0.29) is 30.7 Å². The van der Waals surface area contributed by atoms with Gasteiger partial charge in [-0.25, -0.2) is 0 Å². The summed E-state index contributed by atoms with van der Waals surface area (Å²) in [5.41, 5.74) is 7.45. The SMILES string of the molecule is Cl.Cl.Nc1ccc(CC(=O)N2CCN(CC3CC3)CC2)cc1. The Balaban J connectivity index is 0.00000121. The number of nitrogens with zero attached hydrogens (tertiary/aromatic N) is 2. The van der Waals surface area contributed by atoms with Crippen LogP contribution >= 0.6 is 24.8 Å². The Bertz CT molecular complexity index is 469. The molecule has 0 unspecified atom stereocenters. The fraction of sp³-hybridized carbons (Fsp3) is 0.562. The van der Waals surface area contributed by atoms with Gasteiger partial charge in [0.25, 0.3) is 0 Å². The van der Waals surface area contributed by atoms with Crippen molar-refractivity contribution in [1.82, 2.24) is 9.80 Å². The largest absolute Gasteiger partial charge is 0.399 e. The smallest absolute Gasteiger partial charge is 0.227 e. The third-order valence-corrected chi connectivity index (χ3v) is 4.27. The average Bonchev–Trinajstić information content (AvgIpc) is 3.26. The zero-order valence-corrected chi connectivity index (χ0v) is 14.4. The first-order valence-corrected chi connectivity index (χ1v) is 7.55. The van der Waals surface area contributed by atoms with E-state index in [1.54, 1.807) is 0 Å². The van der Waals surface area contributed by atoms with E-state index in [4.69, 9.17) is 5.73 Å². The molecule has 2 N–H and O–H groups in total. The maximum Gasteiger partial charge on any atom is 0.227 e. The summed E-state index contributed by atoms with van der Waals surface area (Å²) < 4.78 is 0. The quantitative estimate of drug-likeness (QED) is 0.851. The van der Waals surface area contributed by atoms with Crippen molar-refractivity contribution in [2.45, 2.75) is 19.3 Å². The second kappa shape index (κ2) is 8.61. The van der Waals surface area contributed by atoms with Crippen molar-refractivity contribution in [2.75, 3.05) is 38.5 Å². The Kier molecular flexibility index (Phi) is 7.46. The second-order valence-corrected chi connectivity index (χ2v) is 6.04. The second-order valence-electron chi connectivity index (χ2n) is 6.04. The van der Waals surface area contributed by atoms with Gasteiger partial charge in [-0.05, 0) is 36.5 Å². The van der Waals surface area contributed by atoms with Gasteiger partial charge in [0.05, 0.1) is 6.42 Å². The number of hydrogen-bond donors (Lipinski definition) is 1. The van der Waals surface area contributed by atoms with E-state index in [1.165, 1.54) is 19.4 Å². The molecule has 6 heteroatoms. The summed E-state index contributed by atoms with van der Waals surface area (Å²) >= 11 is 0. The van der Waals surface area contributed by atoms with Crippen molar-refractivity contribution in [2.24, 2.45) is 5.92 Å². The van der Waals surface area contributed by atoms with Crippen molar-refractivity contribution >= 4 is 36.4 Å². The lowest BCUT2D eigenvalue weighted by atomic mass is 10.1. The van der Waals surface area contributed by atoms with Gasteiger partial charge in [0.1, 0.15) is 0 Å². The Hall–Kier alpha value is -0.970. The molecule has 1 heterocycles. The van der Waals surface area contributed by atoms with Gasteiger partial charge in [-0.1, -0.05) is 12.1 Å². The first-order valence-electron chi connectivity index (χ1n) is 7.55. The standard InChI is InChI=1S/C16H23N3O.2ClH/c17-15-5-3-13(4-6-15)11-16(20)19-9-7-18(8-10-19)12-14-1-2-14;;/h3-6,14H,1-2,7-12,17H2;2*1H. The highest BCUT2D eigenvalue weighted by molar-refractivity contribution is 5.85. The summed E-state index contributed by atoms with van der Waals surface area (Å²) in [6.45, 7) is 5.05. The van der Waals surface area contributed by atoms with Crippen LogP contribution < -0.4 is 5.73 Å². The summed E-state index contributed by atoms with van der Waals surface area (Å²) in [5, 5.41) is 0. The van der Waals surface area contributed by atoms with Gasteiger partial charge in [0.15, 0.2) is 0 Å². The van der Waals surface area contributed by atoms with E-state index >= 15 is 0 Å². The normalized spacial score (nSPS) is 18.3. The van der Waals surface area contributed by atoms with E-state index in [2.05, 4.69) is 4.90 Å². The molecule has 0 aromatic heterocycles. The fourth-order valence-corrected chi connectivity index (χ4v) is 2.77. The van der Waals surface area contributed by atoms with Gasteiger partial charge in [-0.15, -0.1) is 24.8 Å². The molecule has 22 heavy (non-hydrogen) atoms. The first-order chi connectivity index (χ1) is 9.70. The molecule has 1 saturated carbocycles. The first kappa shape index (κ1) is 19.1. The molecule has 1 aromatic carbocycles. The molecule has 0 atom stereocenters. The zero-order chi connectivity index (χ0) is 13.9. The number of carbonyl (C=O) groups excluding carboxylic acids is 1. The molecule has 0 bridgehead atoms. The van der Waals surface area contributed by atoms with Gasteiger partial charge in [0.2, 0.25) is 5.91 Å². The Morgan fingerprint density at radius 3 is 2.18 bits per heavy atom. The van der Waals surface area contributed by atoms with Crippen LogP contribution in [0.3, 0.4) is 0 Å². The maximum absolute atomic E-state index is 12.3. The van der Waals surface area contributed by atoms with Gasteiger partial charge in [-0.3, -0.25) is 9.69 Å². The number of amides is 1. The molecule has 124 valence electrons. The average molecular weight is 346 g/mol. The highest BCUT2D eigenvalue weighted by Gasteiger charge is 2.27. The highest BCUT2D eigenvalue weighted by Crippen LogP contribution is 2.29. The van der Waals surface area contributed by atoms with Crippen molar-refractivity contribution < 1.29 is 4.79 Å². The van der Waals surface area contributed by atoms with E-state index in [0.717, 1.165) is 43.3 Å². The van der Waals surface area contributed by atoms with Crippen LogP contribution in [-0.4, -0.2) is 48.4 Å².